The Morgan fingerprint density at radius 3 is 2.40 bits per heavy atom. The van der Waals surface area contributed by atoms with Crippen molar-refractivity contribution in [1.29, 1.82) is 0 Å². The Labute approximate surface area is 119 Å². The third-order valence-corrected chi connectivity index (χ3v) is 4.78. The predicted molar refractivity (Wildman–Crippen MR) is 76.9 cm³/mol. The summed E-state index contributed by atoms with van der Waals surface area (Å²) in [6.07, 6.45) is 2.08. The highest BCUT2D eigenvalue weighted by Crippen LogP contribution is 2.67. The van der Waals surface area contributed by atoms with Crippen molar-refractivity contribution in [2.45, 2.75) is 20.8 Å². The highest BCUT2D eigenvalue weighted by atomic mass is 16.2. The smallest absolute Gasteiger partial charge is 0.255 e. The van der Waals surface area contributed by atoms with Crippen molar-refractivity contribution in [2.75, 3.05) is 0 Å². The van der Waals surface area contributed by atoms with E-state index in [1.54, 1.807) is 19.1 Å². The normalized spacial score (nSPS) is 29.4. The third-order valence-electron chi connectivity index (χ3n) is 4.78. The number of carbonyl (C=O) groups is 2. The van der Waals surface area contributed by atoms with Gasteiger partial charge in [0.25, 0.3) is 5.91 Å². The summed E-state index contributed by atoms with van der Waals surface area (Å²) in [5.74, 6) is 0.626. The van der Waals surface area contributed by atoms with Gasteiger partial charge >= 0.3 is 0 Å². The van der Waals surface area contributed by atoms with E-state index in [9.17, 15) is 9.59 Å². The zero-order valence-corrected chi connectivity index (χ0v) is 12.0. The maximum Gasteiger partial charge on any atom is 0.255 e. The van der Waals surface area contributed by atoms with E-state index >= 15 is 0 Å². The molecule has 2 aliphatic rings. The van der Waals surface area contributed by atoms with Crippen molar-refractivity contribution < 1.29 is 9.59 Å². The number of ketones is 1. The van der Waals surface area contributed by atoms with Gasteiger partial charge in [-0.15, -0.1) is 0 Å². The minimum atomic E-state index is -0.150. The molecule has 1 N–H and O–H groups in total. The summed E-state index contributed by atoms with van der Waals surface area (Å²) in [5, 5.41) is 2.93. The van der Waals surface area contributed by atoms with Gasteiger partial charge in [-0.2, -0.15) is 0 Å². The molecule has 0 saturated heterocycles. The molecule has 0 aliphatic heterocycles. The van der Waals surface area contributed by atoms with Crippen molar-refractivity contribution >= 4 is 11.7 Å². The fourth-order valence-electron chi connectivity index (χ4n) is 3.55. The molecule has 1 saturated carbocycles. The minimum Gasteiger partial charge on any atom is -0.325 e. The molecular weight excluding hydrogens is 250 g/mol. The van der Waals surface area contributed by atoms with Crippen LogP contribution in [0.1, 0.15) is 31.1 Å². The van der Waals surface area contributed by atoms with E-state index in [1.165, 1.54) is 0 Å². The molecule has 0 aromatic heterocycles. The maximum absolute atomic E-state index is 12.2. The average molecular weight is 269 g/mol. The van der Waals surface area contributed by atoms with Gasteiger partial charge in [-0.25, -0.2) is 0 Å². The molecule has 0 heterocycles. The SMILES string of the molecule is CC(=O)[C@@H]1C(NC(=O)c2ccccc2)=C[C@@H]2[C@H]1C2(C)C. The van der Waals surface area contributed by atoms with E-state index in [-0.39, 0.29) is 23.0 Å². The van der Waals surface area contributed by atoms with Crippen LogP contribution in [-0.4, -0.2) is 11.7 Å². The van der Waals surface area contributed by atoms with E-state index in [0.29, 0.717) is 17.4 Å². The molecule has 0 unspecified atom stereocenters. The number of carbonyl (C=O) groups excluding carboxylic acids is 2. The number of fused-ring (bicyclic) bond motifs is 1. The highest BCUT2D eigenvalue weighted by molar-refractivity contribution is 5.96. The van der Waals surface area contributed by atoms with Crippen LogP contribution in [0.2, 0.25) is 0 Å². The fraction of sp³-hybridized carbons (Fsp3) is 0.412. The van der Waals surface area contributed by atoms with Gasteiger partial charge in [0, 0.05) is 11.3 Å². The molecule has 0 bridgehead atoms. The van der Waals surface area contributed by atoms with Gasteiger partial charge in [-0.3, -0.25) is 9.59 Å². The van der Waals surface area contributed by atoms with Crippen LogP contribution in [-0.2, 0) is 4.79 Å². The lowest BCUT2D eigenvalue weighted by atomic mass is 9.91. The van der Waals surface area contributed by atoms with Gasteiger partial charge < -0.3 is 5.32 Å². The Morgan fingerprint density at radius 2 is 1.80 bits per heavy atom. The lowest BCUT2D eigenvalue weighted by molar-refractivity contribution is -0.120. The summed E-state index contributed by atoms with van der Waals surface area (Å²) in [5.41, 5.74) is 1.60. The molecule has 104 valence electrons. The van der Waals surface area contributed by atoms with Crippen LogP contribution < -0.4 is 5.32 Å². The van der Waals surface area contributed by atoms with Gasteiger partial charge in [-0.05, 0) is 36.3 Å². The summed E-state index contributed by atoms with van der Waals surface area (Å²) in [6, 6.07) is 9.10. The van der Waals surface area contributed by atoms with E-state index in [4.69, 9.17) is 0 Å². The van der Waals surface area contributed by atoms with Crippen molar-refractivity contribution in [3.8, 4) is 0 Å². The zero-order chi connectivity index (χ0) is 14.5. The number of Topliss-reactive ketones (excluding diaryl/α,β-unsaturated/α-hetero) is 1. The monoisotopic (exact) mass is 269 g/mol. The second kappa shape index (κ2) is 4.30. The van der Waals surface area contributed by atoms with E-state index < -0.39 is 0 Å². The quantitative estimate of drug-likeness (QED) is 0.917. The van der Waals surface area contributed by atoms with Crippen LogP contribution in [0.25, 0.3) is 0 Å². The Bertz CT molecular complexity index is 601. The van der Waals surface area contributed by atoms with Crippen LogP contribution in [0.4, 0.5) is 0 Å². The standard InChI is InChI=1S/C17H19NO2/c1-10(19)14-13(9-12-15(14)17(12,2)3)18-16(20)11-7-5-4-6-8-11/h4-9,12,14-15H,1-3H3,(H,18,20)/t12-,14-,15-/m1/s1. The van der Waals surface area contributed by atoms with Crippen molar-refractivity contribution in [3.63, 3.8) is 0 Å². The molecule has 3 heteroatoms. The molecule has 1 amide bonds. The molecule has 3 nitrogen and oxygen atoms in total. The van der Waals surface area contributed by atoms with Crippen molar-refractivity contribution in [2.24, 2.45) is 23.2 Å². The molecule has 0 radical (unpaired) electrons. The second-order valence-corrected chi connectivity index (χ2v) is 6.40. The van der Waals surface area contributed by atoms with Crippen molar-refractivity contribution in [3.05, 3.63) is 47.7 Å². The Kier molecular flexibility index (Phi) is 2.82. The molecule has 1 fully saturated rings. The zero-order valence-electron chi connectivity index (χ0n) is 12.0. The fourth-order valence-corrected chi connectivity index (χ4v) is 3.55. The van der Waals surface area contributed by atoms with Gasteiger partial charge in [0.2, 0.25) is 0 Å². The summed E-state index contributed by atoms with van der Waals surface area (Å²) < 4.78 is 0. The number of benzene rings is 1. The van der Waals surface area contributed by atoms with Crippen LogP contribution >= 0.6 is 0 Å². The Morgan fingerprint density at radius 1 is 1.15 bits per heavy atom. The maximum atomic E-state index is 12.2. The first-order valence-corrected chi connectivity index (χ1v) is 7.01. The van der Waals surface area contributed by atoms with Crippen LogP contribution in [0, 0.1) is 23.2 Å². The predicted octanol–water partition coefficient (Wildman–Crippen LogP) is 2.79. The first kappa shape index (κ1) is 13.1. The third kappa shape index (κ3) is 1.89. The van der Waals surface area contributed by atoms with E-state index in [0.717, 1.165) is 5.70 Å². The lowest BCUT2D eigenvalue weighted by Gasteiger charge is -2.19. The summed E-state index contributed by atoms with van der Waals surface area (Å²) >= 11 is 0. The number of rotatable bonds is 3. The summed E-state index contributed by atoms with van der Waals surface area (Å²) in [6.45, 7) is 5.99. The molecule has 2 aliphatic carbocycles. The van der Waals surface area contributed by atoms with Gasteiger partial charge in [-0.1, -0.05) is 38.1 Å². The van der Waals surface area contributed by atoms with Crippen LogP contribution in [0.15, 0.2) is 42.1 Å². The number of nitrogens with one attached hydrogen (secondary N) is 1. The number of allylic oxidation sites excluding steroid dienone is 2. The highest BCUT2D eigenvalue weighted by Gasteiger charge is 2.65. The molecule has 1 aromatic carbocycles. The number of hydrogen-bond donors (Lipinski definition) is 1. The second-order valence-electron chi connectivity index (χ2n) is 6.40. The summed E-state index contributed by atoms with van der Waals surface area (Å²) in [4.78, 5) is 24.1. The van der Waals surface area contributed by atoms with Crippen molar-refractivity contribution in [1.82, 2.24) is 5.32 Å². The molecule has 0 spiro atoms. The van der Waals surface area contributed by atoms with E-state index in [2.05, 4.69) is 25.2 Å². The van der Waals surface area contributed by atoms with Crippen LogP contribution in [0.3, 0.4) is 0 Å². The molecular formula is C17H19NO2. The Balaban J connectivity index is 1.80. The summed E-state index contributed by atoms with van der Waals surface area (Å²) in [7, 11) is 0. The number of hydrogen-bond acceptors (Lipinski definition) is 2. The van der Waals surface area contributed by atoms with Gasteiger partial charge in [0.15, 0.2) is 0 Å². The first-order valence-electron chi connectivity index (χ1n) is 7.01. The van der Waals surface area contributed by atoms with Gasteiger partial charge in [0.05, 0.1) is 5.92 Å². The molecule has 3 rings (SSSR count). The van der Waals surface area contributed by atoms with Crippen LogP contribution in [0.5, 0.6) is 0 Å². The molecule has 1 aromatic rings. The minimum absolute atomic E-state index is 0.137. The molecule has 20 heavy (non-hydrogen) atoms. The lowest BCUT2D eigenvalue weighted by Crippen LogP contribution is -2.31. The van der Waals surface area contributed by atoms with Gasteiger partial charge in [0.1, 0.15) is 5.78 Å². The largest absolute Gasteiger partial charge is 0.325 e. The van der Waals surface area contributed by atoms with E-state index in [1.807, 2.05) is 18.2 Å². The Hall–Kier alpha value is -1.90. The molecule has 3 atom stereocenters. The number of amides is 1. The topological polar surface area (TPSA) is 46.2 Å². The average Bonchev–Trinajstić information content (AvgIpc) is 2.77. The first-order chi connectivity index (χ1) is 9.43.